The topological polar surface area (TPSA) is 43.6 Å². The fourth-order valence-electron chi connectivity index (χ4n) is 0.891. The second kappa shape index (κ2) is 1.76. The first-order valence-corrected chi connectivity index (χ1v) is 2.95. The highest BCUT2D eigenvalue weighted by Gasteiger charge is 2.05. The van der Waals surface area contributed by atoms with Crippen LogP contribution in [0.4, 0.5) is 0 Å². The van der Waals surface area contributed by atoms with Gasteiger partial charge in [0.1, 0.15) is 12.0 Å². The summed E-state index contributed by atoms with van der Waals surface area (Å²) in [5.74, 6) is 0.870. The van der Waals surface area contributed by atoms with Crippen LogP contribution in [0.2, 0.25) is 0 Å². The number of rotatable bonds is 0. The van der Waals surface area contributed by atoms with Crippen LogP contribution in [0.15, 0.2) is 18.9 Å². The largest absolute Gasteiger partial charge is 0.318 e. The molecule has 0 unspecified atom stereocenters. The quantitative estimate of drug-likeness (QED) is 0.521. The van der Waals surface area contributed by atoms with Crippen LogP contribution >= 0.6 is 0 Å². The van der Waals surface area contributed by atoms with Gasteiger partial charge in [0.25, 0.3) is 0 Å². The van der Waals surface area contributed by atoms with Crippen LogP contribution in [0.5, 0.6) is 0 Å². The molecule has 0 atom stereocenters. The second-order valence-corrected chi connectivity index (χ2v) is 2.09. The van der Waals surface area contributed by atoms with Crippen LogP contribution < -0.4 is 0 Å². The van der Waals surface area contributed by atoms with E-state index in [0.29, 0.717) is 0 Å². The summed E-state index contributed by atoms with van der Waals surface area (Å²) in [6.45, 7) is 0. The maximum absolute atomic E-state index is 4.03. The smallest absolute Gasteiger partial charge is 0.162 e. The van der Waals surface area contributed by atoms with Gasteiger partial charge in [0, 0.05) is 7.05 Å². The molecule has 10 heavy (non-hydrogen) atoms. The predicted molar refractivity (Wildman–Crippen MR) is 35.4 cm³/mol. The summed E-state index contributed by atoms with van der Waals surface area (Å²) >= 11 is 0. The number of nitrogens with zero attached hydrogens (tertiary/aromatic N) is 4. The SMILES string of the molecule is Cn1cncc2ncnc1-2. The van der Waals surface area contributed by atoms with Gasteiger partial charge < -0.3 is 4.57 Å². The number of aryl methyl sites for hydroxylation is 1. The zero-order valence-electron chi connectivity index (χ0n) is 5.52. The summed E-state index contributed by atoms with van der Waals surface area (Å²) in [5.41, 5.74) is 0.838. The van der Waals surface area contributed by atoms with Gasteiger partial charge in [0.2, 0.25) is 0 Å². The maximum atomic E-state index is 4.03. The minimum absolute atomic E-state index is 0.838. The minimum Gasteiger partial charge on any atom is -0.318 e. The monoisotopic (exact) mass is 134 g/mol. The predicted octanol–water partition coefficient (Wildman–Crippen LogP) is 0.315. The molecule has 0 aliphatic carbocycles. The molecule has 2 heterocycles. The van der Waals surface area contributed by atoms with Crippen LogP contribution in [0, 0.1) is 0 Å². The van der Waals surface area contributed by atoms with E-state index in [0.717, 1.165) is 11.5 Å². The lowest BCUT2D eigenvalue weighted by atomic mass is 10.4. The molecule has 2 rings (SSSR count). The molecule has 0 amide bonds. The lowest BCUT2D eigenvalue weighted by Gasteiger charge is -2.00. The fraction of sp³-hybridized carbons (Fsp3) is 0.167. The second-order valence-electron chi connectivity index (χ2n) is 2.09. The molecular formula is C6H6N4. The lowest BCUT2D eigenvalue weighted by Crippen LogP contribution is -1.97. The van der Waals surface area contributed by atoms with Gasteiger partial charge in [0.15, 0.2) is 5.82 Å². The highest BCUT2D eigenvalue weighted by atomic mass is 15.1. The Labute approximate surface area is 57.9 Å². The van der Waals surface area contributed by atoms with Crippen molar-refractivity contribution in [2.75, 3.05) is 0 Å². The van der Waals surface area contributed by atoms with Crippen molar-refractivity contribution in [3.05, 3.63) is 18.9 Å². The lowest BCUT2D eigenvalue weighted by molar-refractivity contribution is 0.852. The number of hydrogen-bond acceptors (Lipinski definition) is 3. The summed E-state index contributed by atoms with van der Waals surface area (Å²) < 4.78 is 1.84. The molecule has 0 aromatic heterocycles. The number of imidazole rings is 1. The molecule has 0 saturated carbocycles. The van der Waals surface area contributed by atoms with E-state index < -0.39 is 0 Å². The van der Waals surface area contributed by atoms with Gasteiger partial charge in [-0.1, -0.05) is 0 Å². The average molecular weight is 134 g/mol. The third-order valence-electron chi connectivity index (χ3n) is 1.38. The summed E-state index contributed by atoms with van der Waals surface area (Å²) in [6, 6.07) is 0. The van der Waals surface area contributed by atoms with Gasteiger partial charge in [0.05, 0.1) is 12.5 Å². The van der Waals surface area contributed by atoms with Crippen molar-refractivity contribution in [3.63, 3.8) is 0 Å². The molecule has 0 aromatic carbocycles. The zero-order valence-corrected chi connectivity index (χ0v) is 5.52. The Hall–Kier alpha value is -1.45. The Bertz CT molecular complexity index is 314. The van der Waals surface area contributed by atoms with Crippen LogP contribution in [-0.2, 0) is 7.05 Å². The van der Waals surface area contributed by atoms with Gasteiger partial charge in [-0.15, -0.1) is 0 Å². The van der Waals surface area contributed by atoms with E-state index in [1.54, 1.807) is 12.5 Å². The van der Waals surface area contributed by atoms with Crippen LogP contribution in [-0.4, -0.2) is 19.5 Å². The zero-order chi connectivity index (χ0) is 6.97. The Morgan fingerprint density at radius 3 is 3.10 bits per heavy atom. The van der Waals surface area contributed by atoms with Crippen molar-refractivity contribution < 1.29 is 0 Å². The summed E-state index contributed by atoms with van der Waals surface area (Å²) in [5, 5.41) is 0. The molecule has 0 bridgehead atoms. The third kappa shape index (κ3) is 0.586. The molecule has 2 aliphatic heterocycles. The highest BCUT2D eigenvalue weighted by Crippen LogP contribution is 2.11. The van der Waals surface area contributed by atoms with E-state index in [4.69, 9.17) is 0 Å². The fourth-order valence-corrected chi connectivity index (χ4v) is 0.891. The molecule has 0 spiro atoms. The maximum Gasteiger partial charge on any atom is 0.162 e. The van der Waals surface area contributed by atoms with E-state index in [2.05, 4.69) is 15.0 Å². The summed E-state index contributed by atoms with van der Waals surface area (Å²) in [7, 11) is 1.89. The van der Waals surface area contributed by atoms with Crippen LogP contribution in [0.3, 0.4) is 0 Å². The summed E-state index contributed by atoms with van der Waals surface area (Å²) in [4.78, 5) is 12.0. The molecule has 0 radical (unpaired) electrons. The first-order valence-electron chi connectivity index (χ1n) is 2.95. The molecule has 4 heteroatoms. The van der Waals surface area contributed by atoms with Gasteiger partial charge in [-0.3, -0.25) is 0 Å². The minimum atomic E-state index is 0.838. The van der Waals surface area contributed by atoms with Crippen LogP contribution in [0.1, 0.15) is 0 Å². The molecule has 0 saturated heterocycles. The third-order valence-corrected chi connectivity index (χ3v) is 1.38. The van der Waals surface area contributed by atoms with Gasteiger partial charge in [-0.2, -0.15) is 0 Å². The molecule has 50 valence electrons. The Morgan fingerprint density at radius 2 is 2.30 bits per heavy atom. The molecule has 0 fully saturated rings. The Morgan fingerprint density at radius 1 is 1.40 bits per heavy atom. The normalized spacial score (nSPS) is 10.5. The van der Waals surface area contributed by atoms with Crippen molar-refractivity contribution in [2.45, 2.75) is 0 Å². The number of fused-ring (bicyclic) bond motifs is 1. The van der Waals surface area contributed by atoms with E-state index in [1.807, 2.05) is 11.6 Å². The van der Waals surface area contributed by atoms with Crippen molar-refractivity contribution in [3.8, 4) is 11.5 Å². The molecule has 4 nitrogen and oxygen atoms in total. The molecule has 2 aliphatic rings. The van der Waals surface area contributed by atoms with Gasteiger partial charge in [-0.05, 0) is 0 Å². The first-order chi connectivity index (χ1) is 4.88. The van der Waals surface area contributed by atoms with E-state index in [1.165, 1.54) is 6.33 Å². The molecule has 0 aromatic rings. The standard InChI is InChI=1S/C6H6N4/c1-10-4-7-2-5-6(10)9-3-8-5/h2-4H,1H3. The van der Waals surface area contributed by atoms with Gasteiger partial charge in [-0.25, -0.2) is 15.0 Å². The average Bonchev–Trinajstić information content (AvgIpc) is 2.36. The molecule has 0 N–H and O–H groups in total. The van der Waals surface area contributed by atoms with Crippen molar-refractivity contribution in [1.29, 1.82) is 0 Å². The Balaban J connectivity index is 2.80. The Kier molecular flexibility index (Phi) is 0.943. The summed E-state index contributed by atoms with van der Waals surface area (Å²) in [6.07, 6.45) is 4.94. The van der Waals surface area contributed by atoms with E-state index in [-0.39, 0.29) is 0 Å². The van der Waals surface area contributed by atoms with Gasteiger partial charge >= 0.3 is 0 Å². The highest BCUT2D eigenvalue weighted by molar-refractivity contribution is 5.48. The van der Waals surface area contributed by atoms with E-state index >= 15 is 0 Å². The van der Waals surface area contributed by atoms with Crippen LogP contribution in [0.25, 0.3) is 11.5 Å². The van der Waals surface area contributed by atoms with Crippen molar-refractivity contribution in [1.82, 2.24) is 19.5 Å². The first kappa shape index (κ1) is 5.34. The molecular weight excluding hydrogens is 128 g/mol. The number of hydrogen-bond donors (Lipinski definition) is 0. The van der Waals surface area contributed by atoms with Crippen molar-refractivity contribution in [2.24, 2.45) is 7.05 Å². The van der Waals surface area contributed by atoms with E-state index in [9.17, 15) is 0 Å². The number of aromatic nitrogens is 4. The van der Waals surface area contributed by atoms with Crippen molar-refractivity contribution >= 4 is 0 Å².